The molecule has 1 aromatic carbocycles. The monoisotopic (exact) mass is 202 g/mol. The fraction of sp³-hybridized carbons (Fsp3) is 0.385. The Kier molecular flexibility index (Phi) is 2.78. The zero-order valence-electron chi connectivity index (χ0n) is 9.67. The molecule has 0 amide bonds. The quantitative estimate of drug-likeness (QED) is 0.809. The Morgan fingerprint density at radius 3 is 2.80 bits per heavy atom. The SMILES string of the molecule is CCn1cc(C)c2cccc(CNC)c21. The predicted octanol–water partition coefficient (Wildman–Crippen LogP) is 2.69. The second-order valence-corrected chi connectivity index (χ2v) is 3.94. The highest BCUT2D eigenvalue weighted by molar-refractivity contribution is 5.86. The van der Waals surface area contributed by atoms with Gasteiger partial charge in [0.15, 0.2) is 0 Å². The normalized spacial score (nSPS) is 11.1. The first kappa shape index (κ1) is 10.2. The van der Waals surface area contributed by atoms with Crippen LogP contribution in [0.15, 0.2) is 24.4 Å². The average Bonchev–Trinajstić information content (AvgIpc) is 2.58. The molecule has 0 saturated carbocycles. The van der Waals surface area contributed by atoms with Crippen LogP contribution in [-0.4, -0.2) is 11.6 Å². The van der Waals surface area contributed by atoms with Crippen molar-refractivity contribution in [2.75, 3.05) is 7.05 Å². The number of hydrogen-bond acceptors (Lipinski definition) is 1. The van der Waals surface area contributed by atoms with E-state index in [9.17, 15) is 0 Å². The van der Waals surface area contributed by atoms with Crippen molar-refractivity contribution >= 4 is 10.9 Å². The number of nitrogens with one attached hydrogen (secondary N) is 1. The molecule has 2 nitrogen and oxygen atoms in total. The van der Waals surface area contributed by atoms with E-state index in [-0.39, 0.29) is 0 Å². The minimum atomic E-state index is 0.931. The predicted molar refractivity (Wildman–Crippen MR) is 65.1 cm³/mol. The molecule has 80 valence electrons. The number of aromatic nitrogens is 1. The van der Waals surface area contributed by atoms with E-state index in [1.165, 1.54) is 22.0 Å². The smallest absolute Gasteiger partial charge is 0.0528 e. The Bertz CT molecular complexity index is 469. The molecule has 0 spiro atoms. The summed E-state index contributed by atoms with van der Waals surface area (Å²) in [6.07, 6.45) is 2.24. The number of benzene rings is 1. The van der Waals surface area contributed by atoms with Gasteiger partial charge in [0.25, 0.3) is 0 Å². The Morgan fingerprint density at radius 2 is 2.13 bits per heavy atom. The van der Waals surface area contributed by atoms with Gasteiger partial charge in [-0.15, -0.1) is 0 Å². The highest BCUT2D eigenvalue weighted by Crippen LogP contribution is 2.24. The Morgan fingerprint density at radius 1 is 1.33 bits per heavy atom. The second-order valence-electron chi connectivity index (χ2n) is 3.94. The number of para-hydroxylation sites is 1. The van der Waals surface area contributed by atoms with Crippen LogP contribution in [0.3, 0.4) is 0 Å². The molecule has 0 aliphatic rings. The standard InChI is InChI=1S/C13H18N2/c1-4-15-9-10(2)12-7-5-6-11(8-14-3)13(12)15/h5-7,9,14H,4,8H2,1-3H3. The Labute approximate surface area is 90.9 Å². The van der Waals surface area contributed by atoms with Crippen LogP contribution in [0.4, 0.5) is 0 Å². The van der Waals surface area contributed by atoms with Crippen molar-refractivity contribution < 1.29 is 0 Å². The van der Waals surface area contributed by atoms with Crippen LogP contribution >= 0.6 is 0 Å². The van der Waals surface area contributed by atoms with Gasteiger partial charge in [-0.05, 0) is 32.0 Å². The van der Waals surface area contributed by atoms with E-state index in [1.54, 1.807) is 0 Å². The molecule has 0 bridgehead atoms. The molecular formula is C13H18N2. The number of fused-ring (bicyclic) bond motifs is 1. The summed E-state index contributed by atoms with van der Waals surface area (Å²) in [5, 5.41) is 4.60. The first-order valence-corrected chi connectivity index (χ1v) is 5.49. The van der Waals surface area contributed by atoms with Gasteiger partial charge >= 0.3 is 0 Å². The molecule has 2 rings (SSSR count). The van der Waals surface area contributed by atoms with Gasteiger partial charge in [0.1, 0.15) is 0 Å². The highest BCUT2D eigenvalue weighted by Gasteiger charge is 2.07. The first-order valence-electron chi connectivity index (χ1n) is 5.49. The van der Waals surface area contributed by atoms with Crippen LogP contribution in [0.5, 0.6) is 0 Å². The van der Waals surface area contributed by atoms with Crippen molar-refractivity contribution in [3.63, 3.8) is 0 Å². The molecule has 2 aromatic rings. The van der Waals surface area contributed by atoms with E-state index in [1.807, 2.05) is 7.05 Å². The van der Waals surface area contributed by atoms with Gasteiger partial charge in [0.2, 0.25) is 0 Å². The van der Waals surface area contributed by atoms with Gasteiger partial charge in [-0.3, -0.25) is 0 Å². The van der Waals surface area contributed by atoms with Gasteiger partial charge in [0, 0.05) is 24.7 Å². The summed E-state index contributed by atoms with van der Waals surface area (Å²) in [6, 6.07) is 6.54. The fourth-order valence-corrected chi connectivity index (χ4v) is 2.20. The number of aryl methyl sites for hydroxylation is 2. The Hall–Kier alpha value is -1.28. The third kappa shape index (κ3) is 1.65. The van der Waals surface area contributed by atoms with Crippen LogP contribution in [0, 0.1) is 6.92 Å². The molecule has 1 aromatic heterocycles. The molecule has 15 heavy (non-hydrogen) atoms. The van der Waals surface area contributed by atoms with Crippen LogP contribution < -0.4 is 5.32 Å². The molecule has 0 aliphatic heterocycles. The van der Waals surface area contributed by atoms with Crippen LogP contribution in [0.1, 0.15) is 18.1 Å². The zero-order valence-corrected chi connectivity index (χ0v) is 9.67. The van der Waals surface area contributed by atoms with E-state index < -0.39 is 0 Å². The van der Waals surface area contributed by atoms with E-state index in [0.717, 1.165) is 13.1 Å². The molecule has 0 saturated heterocycles. The minimum Gasteiger partial charge on any atom is -0.347 e. The average molecular weight is 202 g/mol. The lowest BCUT2D eigenvalue weighted by molar-refractivity contribution is 0.774. The summed E-state index contributed by atoms with van der Waals surface area (Å²) in [6.45, 7) is 6.33. The van der Waals surface area contributed by atoms with Crippen molar-refractivity contribution in [1.29, 1.82) is 0 Å². The third-order valence-corrected chi connectivity index (χ3v) is 2.89. The van der Waals surface area contributed by atoms with Crippen molar-refractivity contribution in [3.05, 3.63) is 35.5 Å². The molecule has 1 heterocycles. The van der Waals surface area contributed by atoms with Crippen molar-refractivity contribution in [3.8, 4) is 0 Å². The minimum absolute atomic E-state index is 0.931. The number of nitrogens with zero attached hydrogens (tertiary/aromatic N) is 1. The first-order chi connectivity index (χ1) is 7.27. The molecule has 1 N–H and O–H groups in total. The van der Waals surface area contributed by atoms with Crippen molar-refractivity contribution in [2.45, 2.75) is 26.9 Å². The van der Waals surface area contributed by atoms with Gasteiger partial charge < -0.3 is 9.88 Å². The van der Waals surface area contributed by atoms with E-state index in [0.29, 0.717) is 0 Å². The number of rotatable bonds is 3. The van der Waals surface area contributed by atoms with E-state index in [4.69, 9.17) is 0 Å². The maximum Gasteiger partial charge on any atom is 0.0528 e. The maximum absolute atomic E-state index is 3.22. The van der Waals surface area contributed by atoms with E-state index >= 15 is 0 Å². The Balaban J connectivity index is 2.70. The third-order valence-electron chi connectivity index (χ3n) is 2.89. The molecule has 0 fully saturated rings. The summed E-state index contributed by atoms with van der Waals surface area (Å²) in [4.78, 5) is 0. The lowest BCUT2D eigenvalue weighted by atomic mass is 10.1. The number of hydrogen-bond donors (Lipinski definition) is 1. The molecule has 0 aliphatic carbocycles. The van der Waals surface area contributed by atoms with Crippen molar-refractivity contribution in [1.82, 2.24) is 9.88 Å². The van der Waals surface area contributed by atoms with Gasteiger partial charge in [-0.2, -0.15) is 0 Å². The second kappa shape index (κ2) is 4.07. The molecule has 0 unspecified atom stereocenters. The van der Waals surface area contributed by atoms with Crippen LogP contribution in [-0.2, 0) is 13.1 Å². The molecule has 0 radical (unpaired) electrons. The van der Waals surface area contributed by atoms with Gasteiger partial charge in [-0.1, -0.05) is 18.2 Å². The molecular weight excluding hydrogens is 184 g/mol. The lowest BCUT2D eigenvalue weighted by Crippen LogP contribution is -2.07. The van der Waals surface area contributed by atoms with Crippen LogP contribution in [0.2, 0.25) is 0 Å². The van der Waals surface area contributed by atoms with Gasteiger partial charge in [0.05, 0.1) is 5.52 Å². The van der Waals surface area contributed by atoms with Crippen molar-refractivity contribution in [2.24, 2.45) is 0 Å². The summed E-state index contributed by atoms with van der Waals surface area (Å²) in [5.41, 5.74) is 4.13. The molecule has 0 atom stereocenters. The van der Waals surface area contributed by atoms with E-state index in [2.05, 4.69) is 48.1 Å². The highest BCUT2D eigenvalue weighted by atomic mass is 15.0. The van der Waals surface area contributed by atoms with Gasteiger partial charge in [-0.25, -0.2) is 0 Å². The zero-order chi connectivity index (χ0) is 10.8. The fourth-order valence-electron chi connectivity index (χ4n) is 2.20. The summed E-state index contributed by atoms with van der Waals surface area (Å²) >= 11 is 0. The largest absolute Gasteiger partial charge is 0.347 e. The maximum atomic E-state index is 3.22. The summed E-state index contributed by atoms with van der Waals surface area (Å²) in [5.74, 6) is 0. The summed E-state index contributed by atoms with van der Waals surface area (Å²) < 4.78 is 2.33. The lowest BCUT2D eigenvalue weighted by Gasteiger charge is -2.07. The van der Waals surface area contributed by atoms with Crippen LogP contribution in [0.25, 0.3) is 10.9 Å². The topological polar surface area (TPSA) is 17.0 Å². The summed E-state index contributed by atoms with van der Waals surface area (Å²) in [7, 11) is 1.99. The molecule has 2 heteroatoms.